The lowest BCUT2D eigenvalue weighted by Crippen LogP contribution is -2.01. The molecule has 136 valence electrons. The number of hydrogen-bond acceptors (Lipinski definition) is 2. The summed E-state index contributed by atoms with van der Waals surface area (Å²) in [5.41, 5.74) is 6.62. The van der Waals surface area contributed by atoms with E-state index in [0.29, 0.717) is 13.0 Å². The van der Waals surface area contributed by atoms with E-state index in [2.05, 4.69) is 31.2 Å². The van der Waals surface area contributed by atoms with E-state index in [4.69, 9.17) is 9.84 Å². The van der Waals surface area contributed by atoms with Gasteiger partial charge in [-0.2, -0.15) is 0 Å². The fraction of sp³-hybridized carbons (Fsp3) is 0.348. The summed E-state index contributed by atoms with van der Waals surface area (Å²) in [5.74, 6) is 0.134. The van der Waals surface area contributed by atoms with Gasteiger partial charge in [0, 0.05) is 6.42 Å². The van der Waals surface area contributed by atoms with Crippen LogP contribution in [0.3, 0.4) is 0 Å². The number of ether oxygens (including phenoxy) is 1. The fourth-order valence-corrected chi connectivity index (χ4v) is 3.51. The van der Waals surface area contributed by atoms with Crippen molar-refractivity contribution >= 4 is 11.5 Å². The molecule has 0 saturated carbocycles. The van der Waals surface area contributed by atoms with Crippen molar-refractivity contribution in [3.8, 4) is 5.75 Å². The Morgan fingerprint density at radius 1 is 1.12 bits per heavy atom. The predicted molar refractivity (Wildman–Crippen MR) is 104 cm³/mol. The lowest BCUT2D eigenvalue weighted by molar-refractivity contribution is -0.137. The Bertz CT molecular complexity index is 787. The summed E-state index contributed by atoms with van der Waals surface area (Å²) >= 11 is 0. The molecule has 0 amide bonds. The molecule has 0 fully saturated rings. The molecule has 0 atom stereocenters. The first-order valence-corrected chi connectivity index (χ1v) is 9.33. The van der Waals surface area contributed by atoms with E-state index in [9.17, 15) is 4.79 Å². The molecule has 0 saturated heterocycles. The van der Waals surface area contributed by atoms with Gasteiger partial charge in [-0.1, -0.05) is 42.0 Å². The summed E-state index contributed by atoms with van der Waals surface area (Å²) < 4.78 is 6.02. The quantitative estimate of drug-likeness (QED) is 0.691. The van der Waals surface area contributed by atoms with Crippen molar-refractivity contribution in [2.45, 2.75) is 45.4 Å². The van der Waals surface area contributed by atoms with Gasteiger partial charge in [-0.05, 0) is 73.4 Å². The molecule has 1 aliphatic rings. The van der Waals surface area contributed by atoms with Gasteiger partial charge in [-0.25, -0.2) is 0 Å². The molecular weight excluding hydrogens is 324 g/mol. The molecule has 0 radical (unpaired) electrons. The van der Waals surface area contributed by atoms with Crippen molar-refractivity contribution in [2.75, 3.05) is 6.61 Å². The molecule has 26 heavy (non-hydrogen) atoms. The zero-order valence-electron chi connectivity index (χ0n) is 15.3. The van der Waals surface area contributed by atoms with E-state index in [1.165, 1.54) is 28.7 Å². The zero-order chi connectivity index (χ0) is 18.4. The van der Waals surface area contributed by atoms with E-state index >= 15 is 0 Å². The minimum Gasteiger partial charge on any atom is -0.489 e. The minimum absolute atomic E-state index is 0.216. The van der Waals surface area contributed by atoms with Gasteiger partial charge in [0.1, 0.15) is 12.4 Å². The smallest absolute Gasteiger partial charge is 0.303 e. The van der Waals surface area contributed by atoms with Gasteiger partial charge in [0.05, 0.1) is 0 Å². The average molecular weight is 350 g/mol. The lowest BCUT2D eigenvalue weighted by atomic mass is 10.0. The Labute approximate surface area is 155 Å². The fourth-order valence-electron chi connectivity index (χ4n) is 3.51. The Morgan fingerprint density at radius 2 is 1.92 bits per heavy atom. The maximum atomic E-state index is 10.6. The molecule has 2 aromatic rings. The summed E-state index contributed by atoms with van der Waals surface area (Å²) in [6.07, 6.45) is 5.11. The SMILES string of the molecule is Cc1cccc(C2=C(COc3ccc(CCCC(=O)O)cc3)CCC2)c1. The van der Waals surface area contributed by atoms with Crippen LogP contribution >= 0.6 is 0 Å². The largest absolute Gasteiger partial charge is 0.489 e. The molecule has 0 aliphatic heterocycles. The molecule has 0 heterocycles. The maximum absolute atomic E-state index is 10.6. The molecule has 1 aliphatic carbocycles. The predicted octanol–water partition coefficient (Wildman–Crippen LogP) is 5.42. The number of carboxylic acid groups (broad SMARTS) is 1. The lowest BCUT2D eigenvalue weighted by Gasteiger charge is -2.11. The van der Waals surface area contributed by atoms with E-state index in [-0.39, 0.29) is 6.42 Å². The summed E-state index contributed by atoms with van der Waals surface area (Å²) in [6.45, 7) is 2.77. The topological polar surface area (TPSA) is 46.5 Å². The second-order valence-electron chi connectivity index (χ2n) is 6.99. The third-order valence-electron chi connectivity index (χ3n) is 4.89. The number of carboxylic acids is 1. The van der Waals surface area contributed by atoms with Gasteiger partial charge in [0.15, 0.2) is 0 Å². The number of carbonyl (C=O) groups is 1. The highest BCUT2D eigenvalue weighted by molar-refractivity contribution is 5.71. The van der Waals surface area contributed by atoms with Gasteiger partial charge >= 0.3 is 5.97 Å². The first-order chi connectivity index (χ1) is 12.6. The van der Waals surface area contributed by atoms with Crippen molar-refractivity contribution in [3.63, 3.8) is 0 Å². The Morgan fingerprint density at radius 3 is 2.65 bits per heavy atom. The molecule has 3 nitrogen and oxygen atoms in total. The Kier molecular flexibility index (Phi) is 6.11. The molecule has 2 aromatic carbocycles. The summed E-state index contributed by atoms with van der Waals surface area (Å²) in [6, 6.07) is 16.7. The van der Waals surface area contributed by atoms with Crippen molar-refractivity contribution in [1.82, 2.24) is 0 Å². The van der Waals surface area contributed by atoms with Gasteiger partial charge < -0.3 is 9.84 Å². The number of aliphatic carboxylic acids is 1. The monoisotopic (exact) mass is 350 g/mol. The van der Waals surface area contributed by atoms with Crippen LogP contribution in [-0.2, 0) is 11.2 Å². The van der Waals surface area contributed by atoms with Crippen LogP contribution in [0.4, 0.5) is 0 Å². The normalized spacial score (nSPS) is 13.9. The summed E-state index contributed by atoms with van der Waals surface area (Å²) in [7, 11) is 0. The van der Waals surface area contributed by atoms with Crippen LogP contribution < -0.4 is 4.74 Å². The van der Waals surface area contributed by atoms with Crippen LogP contribution in [0.15, 0.2) is 54.1 Å². The number of hydrogen-bond donors (Lipinski definition) is 1. The first kappa shape index (κ1) is 18.2. The highest BCUT2D eigenvalue weighted by Gasteiger charge is 2.16. The summed E-state index contributed by atoms with van der Waals surface area (Å²) in [4.78, 5) is 10.6. The van der Waals surface area contributed by atoms with E-state index in [0.717, 1.165) is 30.6 Å². The first-order valence-electron chi connectivity index (χ1n) is 9.33. The molecule has 0 aromatic heterocycles. The van der Waals surface area contributed by atoms with Crippen molar-refractivity contribution in [3.05, 3.63) is 70.8 Å². The standard InChI is InChI=1S/C23H26O3/c1-17-5-2-7-19(15-17)22-9-4-8-20(22)16-26-21-13-11-18(12-14-21)6-3-10-23(24)25/h2,5,7,11-15H,3-4,6,8-10,16H2,1H3,(H,24,25). The third kappa shape index (κ3) is 4.98. The highest BCUT2D eigenvalue weighted by atomic mass is 16.5. The zero-order valence-corrected chi connectivity index (χ0v) is 15.3. The molecule has 0 spiro atoms. The van der Waals surface area contributed by atoms with Crippen LogP contribution in [0.25, 0.3) is 5.57 Å². The second kappa shape index (κ2) is 8.70. The molecule has 3 heteroatoms. The van der Waals surface area contributed by atoms with Gasteiger partial charge in [-0.15, -0.1) is 0 Å². The van der Waals surface area contributed by atoms with Crippen LogP contribution in [0, 0.1) is 6.92 Å². The van der Waals surface area contributed by atoms with Gasteiger partial charge in [-0.3, -0.25) is 4.79 Å². The molecular formula is C23H26O3. The summed E-state index contributed by atoms with van der Waals surface area (Å²) in [5, 5.41) is 8.70. The third-order valence-corrected chi connectivity index (χ3v) is 4.89. The van der Waals surface area contributed by atoms with Crippen molar-refractivity contribution in [1.29, 1.82) is 0 Å². The van der Waals surface area contributed by atoms with Crippen molar-refractivity contribution < 1.29 is 14.6 Å². The van der Waals surface area contributed by atoms with Gasteiger partial charge in [0.2, 0.25) is 0 Å². The van der Waals surface area contributed by atoms with Crippen LogP contribution in [0.5, 0.6) is 5.75 Å². The van der Waals surface area contributed by atoms with Gasteiger partial charge in [0.25, 0.3) is 0 Å². The number of rotatable bonds is 8. The van der Waals surface area contributed by atoms with Crippen LogP contribution in [-0.4, -0.2) is 17.7 Å². The number of allylic oxidation sites excluding steroid dienone is 1. The average Bonchev–Trinajstić information content (AvgIpc) is 3.09. The van der Waals surface area contributed by atoms with Crippen LogP contribution in [0.1, 0.15) is 48.8 Å². The second-order valence-corrected chi connectivity index (χ2v) is 6.99. The minimum atomic E-state index is -0.737. The molecule has 0 unspecified atom stereocenters. The van der Waals surface area contributed by atoms with Crippen molar-refractivity contribution in [2.24, 2.45) is 0 Å². The maximum Gasteiger partial charge on any atom is 0.303 e. The Hall–Kier alpha value is -2.55. The van der Waals surface area contributed by atoms with E-state index in [1.54, 1.807) is 0 Å². The number of aryl methyl sites for hydroxylation is 2. The van der Waals surface area contributed by atoms with Crippen LogP contribution in [0.2, 0.25) is 0 Å². The Balaban J connectivity index is 1.59. The number of benzene rings is 2. The highest BCUT2D eigenvalue weighted by Crippen LogP contribution is 2.34. The molecule has 0 bridgehead atoms. The van der Waals surface area contributed by atoms with E-state index < -0.39 is 5.97 Å². The van der Waals surface area contributed by atoms with E-state index in [1.807, 2.05) is 24.3 Å². The molecule has 1 N–H and O–H groups in total. The molecule has 3 rings (SSSR count).